The molecule has 0 aliphatic carbocycles. The quantitative estimate of drug-likeness (QED) is 0.516. The molecule has 0 aliphatic rings. The highest BCUT2D eigenvalue weighted by atomic mass is 19.4. The third-order valence-electron chi connectivity index (χ3n) is 4.30. The van der Waals surface area contributed by atoms with Gasteiger partial charge < -0.3 is 19.5 Å². The van der Waals surface area contributed by atoms with Crippen LogP contribution in [0.3, 0.4) is 0 Å². The number of nitrogens with zero attached hydrogens (tertiary/aromatic N) is 2. The van der Waals surface area contributed by atoms with E-state index in [4.69, 9.17) is 9.47 Å². The number of methoxy groups -OCH3 is 1. The molecule has 0 saturated carbocycles. The first-order valence-electron chi connectivity index (χ1n) is 10.1. The first-order valence-corrected chi connectivity index (χ1v) is 10.1. The number of alkyl halides is 3. The standard InChI is InChI=1S/C24H22F3N3O4/c1-16(15-32-3)33-21-13-18(5-4-17-6-8-20(9-7-17)34-24(25,26)27)12-19(14-21)23(31)28-22-10-11-30(2)29-22/h6-14,16H,15H2,1-3H3,(H,28,29,31)/t16-/m0/s1. The van der Waals surface area contributed by atoms with Crippen LogP contribution in [0.25, 0.3) is 0 Å². The van der Waals surface area contributed by atoms with Gasteiger partial charge in [-0.2, -0.15) is 5.10 Å². The van der Waals surface area contributed by atoms with Crippen molar-refractivity contribution in [2.75, 3.05) is 19.0 Å². The lowest BCUT2D eigenvalue weighted by Crippen LogP contribution is -2.19. The van der Waals surface area contributed by atoms with E-state index in [1.54, 1.807) is 49.3 Å². The summed E-state index contributed by atoms with van der Waals surface area (Å²) in [7, 11) is 3.29. The van der Waals surface area contributed by atoms with Crippen LogP contribution in [0.1, 0.15) is 28.4 Å². The molecule has 0 spiro atoms. The zero-order valence-electron chi connectivity index (χ0n) is 18.6. The van der Waals surface area contributed by atoms with Gasteiger partial charge in [0.05, 0.1) is 6.61 Å². The Morgan fingerprint density at radius 3 is 2.41 bits per heavy atom. The minimum absolute atomic E-state index is 0.277. The molecular weight excluding hydrogens is 451 g/mol. The zero-order chi connectivity index (χ0) is 24.7. The Kier molecular flexibility index (Phi) is 7.81. The number of halogens is 3. The smallest absolute Gasteiger partial charge is 0.488 e. The molecular formula is C24H22F3N3O4. The molecule has 3 rings (SSSR count). The first kappa shape index (κ1) is 24.7. The number of nitrogens with one attached hydrogen (secondary N) is 1. The number of anilines is 1. The summed E-state index contributed by atoms with van der Waals surface area (Å²) in [6.07, 6.45) is -3.34. The van der Waals surface area contributed by atoms with E-state index in [1.165, 1.54) is 24.3 Å². The molecule has 1 aromatic heterocycles. The lowest BCUT2D eigenvalue weighted by Gasteiger charge is -2.15. The summed E-state index contributed by atoms with van der Waals surface area (Å²) in [5, 5.41) is 6.83. The van der Waals surface area contributed by atoms with E-state index in [0.29, 0.717) is 34.9 Å². The maximum atomic E-state index is 12.8. The molecule has 10 heteroatoms. The van der Waals surface area contributed by atoms with Gasteiger partial charge >= 0.3 is 6.36 Å². The maximum Gasteiger partial charge on any atom is 0.573 e. The fourth-order valence-electron chi connectivity index (χ4n) is 2.93. The maximum absolute atomic E-state index is 12.8. The predicted octanol–water partition coefficient (Wildman–Crippen LogP) is 4.38. The second-order valence-electron chi connectivity index (χ2n) is 7.28. The Labute approximate surface area is 194 Å². The van der Waals surface area contributed by atoms with E-state index in [0.717, 1.165) is 0 Å². The Morgan fingerprint density at radius 2 is 1.79 bits per heavy atom. The van der Waals surface area contributed by atoms with Gasteiger partial charge in [0.1, 0.15) is 17.6 Å². The number of rotatable bonds is 7. The van der Waals surface area contributed by atoms with Crippen molar-refractivity contribution in [2.45, 2.75) is 19.4 Å². The number of carbonyl (C=O) groups is 1. The fraction of sp³-hybridized carbons (Fsp3) is 0.250. The van der Waals surface area contributed by atoms with Crippen molar-refractivity contribution in [3.63, 3.8) is 0 Å². The Balaban J connectivity index is 1.85. The normalized spacial score (nSPS) is 11.8. The van der Waals surface area contributed by atoms with E-state index in [1.807, 2.05) is 6.92 Å². The molecule has 3 aromatic rings. The molecule has 34 heavy (non-hydrogen) atoms. The van der Waals surface area contributed by atoms with Gasteiger partial charge in [-0.05, 0) is 49.4 Å². The summed E-state index contributed by atoms with van der Waals surface area (Å²) in [4.78, 5) is 12.8. The first-order chi connectivity index (χ1) is 16.1. The number of ether oxygens (including phenoxy) is 3. The molecule has 7 nitrogen and oxygen atoms in total. The van der Waals surface area contributed by atoms with Crippen LogP contribution in [0.4, 0.5) is 19.0 Å². The lowest BCUT2D eigenvalue weighted by molar-refractivity contribution is -0.274. The van der Waals surface area contributed by atoms with Crippen LogP contribution in [-0.2, 0) is 11.8 Å². The molecule has 0 fully saturated rings. The number of benzene rings is 2. The second kappa shape index (κ2) is 10.8. The molecule has 1 N–H and O–H groups in total. The number of aromatic nitrogens is 2. The third kappa shape index (κ3) is 7.56. The van der Waals surface area contributed by atoms with Crippen molar-refractivity contribution >= 4 is 11.7 Å². The molecule has 0 unspecified atom stereocenters. The van der Waals surface area contributed by atoms with Gasteiger partial charge in [0.15, 0.2) is 5.82 Å². The summed E-state index contributed by atoms with van der Waals surface area (Å²) >= 11 is 0. The molecule has 1 amide bonds. The number of hydrogen-bond donors (Lipinski definition) is 1. The van der Waals surface area contributed by atoms with Crippen molar-refractivity contribution in [1.29, 1.82) is 0 Å². The molecule has 0 aliphatic heterocycles. The predicted molar refractivity (Wildman–Crippen MR) is 119 cm³/mol. The van der Waals surface area contributed by atoms with Gasteiger partial charge in [0, 0.05) is 43.1 Å². The van der Waals surface area contributed by atoms with Crippen LogP contribution in [0, 0.1) is 11.8 Å². The van der Waals surface area contributed by atoms with Crippen molar-refractivity contribution in [2.24, 2.45) is 7.05 Å². The molecule has 0 radical (unpaired) electrons. The van der Waals surface area contributed by atoms with Gasteiger partial charge in [0.25, 0.3) is 5.91 Å². The van der Waals surface area contributed by atoms with Gasteiger partial charge in [-0.25, -0.2) is 0 Å². The van der Waals surface area contributed by atoms with Gasteiger partial charge in [0.2, 0.25) is 0 Å². The van der Waals surface area contributed by atoms with Crippen molar-refractivity contribution in [3.05, 3.63) is 71.4 Å². The van der Waals surface area contributed by atoms with Crippen molar-refractivity contribution < 1.29 is 32.2 Å². The van der Waals surface area contributed by atoms with E-state index in [2.05, 4.69) is 27.0 Å². The average Bonchev–Trinajstić information content (AvgIpc) is 3.16. The van der Waals surface area contributed by atoms with Crippen molar-refractivity contribution in [3.8, 4) is 23.3 Å². The van der Waals surface area contributed by atoms with E-state index < -0.39 is 12.3 Å². The Bertz CT molecular complexity index is 1190. The average molecular weight is 473 g/mol. The van der Waals surface area contributed by atoms with Crippen LogP contribution in [-0.4, -0.2) is 41.9 Å². The minimum atomic E-state index is -4.76. The van der Waals surface area contributed by atoms with Gasteiger partial charge in [-0.15, -0.1) is 13.2 Å². The summed E-state index contributed by atoms with van der Waals surface area (Å²) in [6, 6.07) is 11.7. The summed E-state index contributed by atoms with van der Waals surface area (Å²) < 4.78 is 53.3. The zero-order valence-corrected chi connectivity index (χ0v) is 18.6. The van der Waals surface area contributed by atoms with Crippen LogP contribution in [0.15, 0.2) is 54.7 Å². The second-order valence-corrected chi connectivity index (χ2v) is 7.28. The highest BCUT2D eigenvalue weighted by molar-refractivity contribution is 6.04. The van der Waals surface area contributed by atoms with Crippen LogP contribution >= 0.6 is 0 Å². The van der Waals surface area contributed by atoms with Crippen LogP contribution < -0.4 is 14.8 Å². The van der Waals surface area contributed by atoms with Gasteiger partial charge in [-0.3, -0.25) is 9.48 Å². The topological polar surface area (TPSA) is 74.6 Å². The van der Waals surface area contributed by atoms with Crippen LogP contribution in [0.5, 0.6) is 11.5 Å². The minimum Gasteiger partial charge on any atom is -0.488 e. The summed E-state index contributed by atoms with van der Waals surface area (Å²) in [5.41, 5.74) is 1.24. The van der Waals surface area contributed by atoms with Crippen LogP contribution in [0.2, 0.25) is 0 Å². The fourth-order valence-corrected chi connectivity index (χ4v) is 2.93. The monoisotopic (exact) mass is 473 g/mol. The number of hydrogen-bond acceptors (Lipinski definition) is 5. The molecule has 0 bridgehead atoms. The Hall–Kier alpha value is -3.97. The van der Waals surface area contributed by atoms with E-state index in [9.17, 15) is 18.0 Å². The largest absolute Gasteiger partial charge is 0.573 e. The third-order valence-corrected chi connectivity index (χ3v) is 4.30. The highest BCUT2D eigenvalue weighted by Gasteiger charge is 2.30. The molecule has 178 valence electrons. The van der Waals surface area contributed by atoms with Crippen molar-refractivity contribution in [1.82, 2.24) is 9.78 Å². The van der Waals surface area contributed by atoms with E-state index in [-0.39, 0.29) is 11.9 Å². The number of aryl methyl sites for hydroxylation is 1. The molecule has 2 aromatic carbocycles. The Morgan fingerprint density at radius 1 is 1.09 bits per heavy atom. The number of carbonyl (C=O) groups excluding carboxylic acids is 1. The van der Waals surface area contributed by atoms with Gasteiger partial charge in [-0.1, -0.05) is 11.8 Å². The number of amides is 1. The van der Waals surface area contributed by atoms with E-state index >= 15 is 0 Å². The SMILES string of the molecule is COC[C@H](C)Oc1cc(C#Cc2ccc(OC(F)(F)F)cc2)cc(C(=O)Nc2ccn(C)n2)c1. The molecule has 1 atom stereocenters. The highest BCUT2D eigenvalue weighted by Crippen LogP contribution is 2.23. The summed E-state index contributed by atoms with van der Waals surface area (Å²) in [6.45, 7) is 2.16. The molecule has 0 saturated heterocycles. The molecule has 1 heterocycles. The summed E-state index contributed by atoms with van der Waals surface area (Å²) in [5.74, 6) is 5.84. The lowest BCUT2D eigenvalue weighted by atomic mass is 10.1.